The van der Waals surface area contributed by atoms with E-state index in [-0.39, 0.29) is 24.0 Å². The third-order valence-corrected chi connectivity index (χ3v) is 5.30. The SMILES string of the molecule is COc1ccc2nnc(CNC(=O)[C@@H]3CCS(=O)(=O)C3)n2n1. The monoisotopic (exact) mass is 325 g/mol. The molecule has 10 heteroatoms. The van der Waals surface area contributed by atoms with Crippen molar-refractivity contribution in [2.75, 3.05) is 18.6 Å². The maximum atomic E-state index is 12.0. The number of nitrogens with one attached hydrogen (secondary N) is 1. The van der Waals surface area contributed by atoms with Gasteiger partial charge in [-0.05, 0) is 12.5 Å². The summed E-state index contributed by atoms with van der Waals surface area (Å²) in [5.74, 6) is 0.0423. The summed E-state index contributed by atoms with van der Waals surface area (Å²) in [6.07, 6.45) is 0.362. The van der Waals surface area contributed by atoms with Crippen LogP contribution in [0.4, 0.5) is 0 Å². The van der Waals surface area contributed by atoms with Crippen molar-refractivity contribution in [2.45, 2.75) is 13.0 Å². The van der Waals surface area contributed by atoms with E-state index in [0.29, 0.717) is 23.8 Å². The van der Waals surface area contributed by atoms with E-state index >= 15 is 0 Å². The van der Waals surface area contributed by atoms with Gasteiger partial charge >= 0.3 is 0 Å². The van der Waals surface area contributed by atoms with Gasteiger partial charge in [-0.25, -0.2) is 8.42 Å². The van der Waals surface area contributed by atoms with Crippen molar-refractivity contribution in [3.05, 3.63) is 18.0 Å². The zero-order valence-electron chi connectivity index (χ0n) is 11.9. The lowest BCUT2D eigenvalue weighted by atomic mass is 10.1. The van der Waals surface area contributed by atoms with Crippen molar-refractivity contribution < 1.29 is 17.9 Å². The number of aromatic nitrogens is 4. The maximum absolute atomic E-state index is 12.0. The Morgan fingerprint density at radius 1 is 1.45 bits per heavy atom. The number of hydrogen-bond acceptors (Lipinski definition) is 7. The van der Waals surface area contributed by atoms with E-state index in [0.717, 1.165) is 0 Å². The quantitative estimate of drug-likeness (QED) is 0.781. The largest absolute Gasteiger partial charge is 0.480 e. The molecule has 118 valence electrons. The third kappa shape index (κ3) is 2.86. The Morgan fingerprint density at radius 2 is 2.27 bits per heavy atom. The predicted molar refractivity (Wildman–Crippen MR) is 75.9 cm³/mol. The van der Waals surface area contributed by atoms with E-state index in [2.05, 4.69) is 20.6 Å². The van der Waals surface area contributed by atoms with Crippen molar-refractivity contribution in [3.8, 4) is 5.88 Å². The summed E-state index contributed by atoms with van der Waals surface area (Å²) in [5.41, 5.74) is 0.536. The van der Waals surface area contributed by atoms with Crippen LogP contribution in [0.2, 0.25) is 0 Å². The highest BCUT2D eigenvalue weighted by Gasteiger charge is 2.32. The van der Waals surface area contributed by atoms with Crippen molar-refractivity contribution in [2.24, 2.45) is 5.92 Å². The summed E-state index contributed by atoms with van der Waals surface area (Å²) in [5, 5.41) is 14.8. The Morgan fingerprint density at radius 3 is 2.95 bits per heavy atom. The first-order valence-corrected chi connectivity index (χ1v) is 8.54. The van der Waals surface area contributed by atoms with Crippen LogP contribution in [0.1, 0.15) is 12.2 Å². The van der Waals surface area contributed by atoms with Gasteiger partial charge in [0.05, 0.1) is 31.1 Å². The molecule has 1 atom stereocenters. The zero-order valence-corrected chi connectivity index (χ0v) is 12.7. The van der Waals surface area contributed by atoms with Gasteiger partial charge in [-0.15, -0.1) is 15.3 Å². The summed E-state index contributed by atoms with van der Waals surface area (Å²) in [6, 6.07) is 3.36. The molecule has 3 rings (SSSR count). The Balaban J connectivity index is 1.70. The molecule has 1 fully saturated rings. The topological polar surface area (TPSA) is 116 Å². The summed E-state index contributed by atoms with van der Waals surface area (Å²) in [4.78, 5) is 12.0. The molecule has 9 nitrogen and oxygen atoms in total. The van der Waals surface area contributed by atoms with Crippen molar-refractivity contribution in [1.29, 1.82) is 0 Å². The number of rotatable bonds is 4. The number of carbonyl (C=O) groups excluding carboxylic acids is 1. The maximum Gasteiger partial charge on any atom is 0.231 e. The van der Waals surface area contributed by atoms with Crippen LogP contribution in [0.5, 0.6) is 5.88 Å². The standard InChI is InChI=1S/C12H15N5O4S/c1-21-11-3-2-9-14-15-10(17(9)16-11)6-13-12(18)8-4-5-22(19,20)7-8/h2-3,8H,4-7H2,1H3,(H,13,18)/t8-/m1/s1. The summed E-state index contributed by atoms with van der Waals surface area (Å²) in [7, 11) is -1.58. The Labute approximate surface area is 126 Å². The van der Waals surface area contributed by atoms with Crippen LogP contribution in [0.15, 0.2) is 12.1 Å². The van der Waals surface area contributed by atoms with Gasteiger partial charge in [-0.2, -0.15) is 4.52 Å². The second kappa shape index (κ2) is 5.52. The van der Waals surface area contributed by atoms with Crippen molar-refractivity contribution in [3.63, 3.8) is 0 Å². The molecule has 22 heavy (non-hydrogen) atoms. The summed E-state index contributed by atoms with van der Waals surface area (Å²) < 4.78 is 29.3. The molecule has 0 saturated carbocycles. The fraction of sp³-hybridized carbons (Fsp3) is 0.500. The number of methoxy groups -OCH3 is 1. The molecule has 2 aromatic heterocycles. The van der Waals surface area contributed by atoms with Gasteiger partial charge < -0.3 is 10.1 Å². The van der Waals surface area contributed by atoms with Crippen molar-refractivity contribution in [1.82, 2.24) is 25.1 Å². The normalized spacial score (nSPS) is 20.1. The molecule has 1 N–H and O–H groups in total. The van der Waals surface area contributed by atoms with Gasteiger partial charge in [-0.3, -0.25) is 4.79 Å². The van der Waals surface area contributed by atoms with Gasteiger partial charge in [0.25, 0.3) is 0 Å². The second-order valence-electron chi connectivity index (χ2n) is 5.08. The molecule has 0 bridgehead atoms. The number of hydrogen-bond donors (Lipinski definition) is 1. The smallest absolute Gasteiger partial charge is 0.231 e. The average Bonchev–Trinajstić information content (AvgIpc) is 3.07. The van der Waals surface area contributed by atoms with E-state index in [1.807, 2.05) is 0 Å². The minimum Gasteiger partial charge on any atom is -0.480 e. The first-order chi connectivity index (χ1) is 10.5. The minimum atomic E-state index is -3.08. The van der Waals surface area contributed by atoms with Crippen LogP contribution >= 0.6 is 0 Å². The first-order valence-electron chi connectivity index (χ1n) is 6.72. The fourth-order valence-electron chi connectivity index (χ4n) is 2.35. The third-order valence-electron chi connectivity index (χ3n) is 3.54. The lowest BCUT2D eigenvalue weighted by Gasteiger charge is -2.08. The van der Waals surface area contributed by atoms with Crippen LogP contribution in [-0.4, -0.2) is 52.8 Å². The molecule has 1 saturated heterocycles. The minimum absolute atomic E-state index is 0.0672. The number of amides is 1. The molecule has 0 radical (unpaired) electrons. The molecule has 0 aliphatic carbocycles. The van der Waals surface area contributed by atoms with Gasteiger partial charge in [-0.1, -0.05) is 0 Å². The molecule has 2 aromatic rings. The number of nitrogens with zero attached hydrogens (tertiary/aromatic N) is 4. The molecule has 0 aromatic carbocycles. The highest BCUT2D eigenvalue weighted by Crippen LogP contribution is 2.18. The molecule has 0 unspecified atom stereocenters. The summed E-state index contributed by atoms with van der Waals surface area (Å²) >= 11 is 0. The Kier molecular flexibility index (Phi) is 3.69. The highest BCUT2D eigenvalue weighted by atomic mass is 32.2. The number of sulfone groups is 1. The van der Waals surface area contributed by atoms with Gasteiger partial charge in [0.1, 0.15) is 0 Å². The second-order valence-corrected chi connectivity index (χ2v) is 7.31. The van der Waals surface area contributed by atoms with Crippen LogP contribution in [0.25, 0.3) is 5.65 Å². The van der Waals surface area contributed by atoms with Gasteiger partial charge in [0, 0.05) is 6.07 Å². The molecular formula is C12H15N5O4S. The lowest BCUT2D eigenvalue weighted by Crippen LogP contribution is -2.31. The average molecular weight is 325 g/mol. The van der Waals surface area contributed by atoms with E-state index in [4.69, 9.17) is 4.74 Å². The number of carbonyl (C=O) groups is 1. The summed E-state index contributed by atoms with van der Waals surface area (Å²) in [6.45, 7) is 0.122. The highest BCUT2D eigenvalue weighted by molar-refractivity contribution is 7.91. The van der Waals surface area contributed by atoms with Crippen molar-refractivity contribution >= 4 is 21.4 Å². The predicted octanol–water partition coefficient (Wildman–Crippen LogP) is -0.816. The molecule has 3 heterocycles. The van der Waals surface area contributed by atoms with Gasteiger partial charge in [0.2, 0.25) is 11.8 Å². The zero-order chi connectivity index (χ0) is 15.7. The molecule has 1 aliphatic rings. The first kappa shape index (κ1) is 14.7. The Bertz CT molecular complexity index is 816. The molecular weight excluding hydrogens is 310 g/mol. The van der Waals surface area contributed by atoms with Crippen LogP contribution in [-0.2, 0) is 21.2 Å². The molecule has 1 aliphatic heterocycles. The van der Waals surface area contributed by atoms with Crippen LogP contribution in [0, 0.1) is 5.92 Å². The number of ether oxygens (including phenoxy) is 1. The van der Waals surface area contributed by atoms with Crippen LogP contribution in [0.3, 0.4) is 0 Å². The van der Waals surface area contributed by atoms with E-state index in [1.54, 1.807) is 12.1 Å². The van der Waals surface area contributed by atoms with Crippen LogP contribution < -0.4 is 10.1 Å². The lowest BCUT2D eigenvalue weighted by molar-refractivity contribution is -0.124. The van der Waals surface area contributed by atoms with E-state index in [1.165, 1.54) is 11.6 Å². The molecule has 1 amide bonds. The number of fused-ring (bicyclic) bond motifs is 1. The fourth-order valence-corrected chi connectivity index (χ4v) is 4.09. The molecule has 0 spiro atoms. The van der Waals surface area contributed by atoms with E-state index in [9.17, 15) is 13.2 Å². The Hall–Kier alpha value is -2.23. The van der Waals surface area contributed by atoms with Gasteiger partial charge in [0.15, 0.2) is 21.3 Å². The van der Waals surface area contributed by atoms with E-state index < -0.39 is 15.8 Å².